The van der Waals surface area contributed by atoms with E-state index in [1.807, 2.05) is 13.8 Å². The summed E-state index contributed by atoms with van der Waals surface area (Å²) in [6.45, 7) is 7.71. The second kappa shape index (κ2) is 34.0. The van der Waals surface area contributed by atoms with Crippen molar-refractivity contribution in [1.82, 2.24) is 0 Å². The van der Waals surface area contributed by atoms with Crippen LogP contribution in [0.5, 0.6) is 0 Å². The lowest BCUT2D eigenvalue weighted by Crippen LogP contribution is -2.62. The van der Waals surface area contributed by atoms with E-state index >= 15 is 0 Å². The molecule has 0 saturated carbocycles. The average Bonchev–Trinajstić information content (AvgIpc) is 3.08. The molecule has 0 aliphatic heterocycles. The molecule has 0 aromatic carbocycles. The molecule has 0 radical (unpaired) electrons. The minimum absolute atomic E-state index is 0.159. The fourth-order valence-electron chi connectivity index (χ4n) is 8.04. The molecular weight excluding hydrogens is 592 g/mol. The van der Waals surface area contributed by atoms with Gasteiger partial charge in [-0.15, -0.1) is 0 Å². The summed E-state index contributed by atoms with van der Waals surface area (Å²) in [5, 5.41) is 44.3. The van der Waals surface area contributed by atoms with Gasteiger partial charge in [-0.05, 0) is 18.8 Å². The van der Waals surface area contributed by atoms with Gasteiger partial charge in [0.2, 0.25) is 0 Å². The smallest absolute Gasteiger partial charge is 0.0795 e. The molecule has 2 unspecified atom stereocenters. The van der Waals surface area contributed by atoms with Crippen LogP contribution in [0.3, 0.4) is 0 Å². The monoisotopic (exact) mass is 683 g/mol. The fourth-order valence-corrected chi connectivity index (χ4v) is 8.04. The molecule has 0 heterocycles. The topological polar surface area (TPSA) is 80.9 Å². The summed E-state index contributed by atoms with van der Waals surface area (Å²) in [7, 11) is 0. The first-order valence-electron chi connectivity index (χ1n) is 22.0. The lowest BCUT2D eigenvalue weighted by atomic mass is 9.61. The van der Waals surface area contributed by atoms with E-state index in [2.05, 4.69) is 13.8 Å². The first-order chi connectivity index (χ1) is 23.4. The van der Waals surface area contributed by atoms with E-state index in [0.29, 0.717) is 12.8 Å². The highest BCUT2D eigenvalue weighted by Gasteiger charge is 2.55. The van der Waals surface area contributed by atoms with Crippen molar-refractivity contribution in [3.8, 4) is 0 Å². The van der Waals surface area contributed by atoms with Crippen LogP contribution in [0.1, 0.15) is 246 Å². The maximum Gasteiger partial charge on any atom is 0.0795 e. The zero-order valence-corrected chi connectivity index (χ0v) is 33.4. The molecule has 290 valence electrons. The highest BCUT2D eigenvalue weighted by Crippen LogP contribution is 2.45. The number of unbranched alkanes of at least 4 members (excludes halogenated alkanes) is 30. The third kappa shape index (κ3) is 22.6. The van der Waals surface area contributed by atoms with Crippen molar-refractivity contribution >= 4 is 0 Å². The molecule has 0 aliphatic rings. The Bertz CT molecular complexity index is 633. The second-order valence-corrected chi connectivity index (χ2v) is 16.2. The average molecular weight is 683 g/mol. The van der Waals surface area contributed by atoms with Crippen molar-refractivity contribution in [1.29, 1.82) is 0 Å². The van der Waals surface area contributed by atoms with Crippen LogP contribution in [-0.4, -0.2) is 45.3 Å². The van der Waals surface area contributed by atoms with Crippen LogP contribution in [0, 0.1) is 11.3 Å². The van der Waals surface area contributed by atoms with Gasteiger partial charge in [0.05, 0.1) is 30.3 Å². The summed E-state index contributed by atoms with van der Waals surface area (Å²) in [4.78, 5) is 0. The highest BCUT2D eigenvalue weighted by atomic mass is 16.3. The van der Waals surface area contributed by atoms with Crippen molar-refractivity contribution < 1.29 is 20.4 Å². The summed E-state index contributed by atoms with van der Waals surface area (Å²) in [5.41, 5.74) is -2.58. The van der Waals surface area contributed by atoms with Crippen LogP contribution >= 0.6 is 0 Å². The van der Waals surface area contributed by atoms with E-state index in [9.17, 15) is 20.4 Å². The maximum absolute atomic E-state index is 11.9. The minimum Gasteiger partial charge on any atom is -0.395 e. The first-order valence-corrected chi connectivity index (χ1v) is 22.0. The van der Waals surface area contributed by atoms with Gasteiger partial charge in [0.25, 0.3) is 0 Å². The Kier molecular flexibility index (Phi) is 33.8. The summed E-state index contributed by atoms with van der Waals surface area (Å²) in [6.07, 6.45) is 41.9. The van der Waals surface area contributed by atoms with Gasteiger partial charge in [-0.2, -0.15) is 0 Å². The predicted molar refractivity (Wildman–Crippen MR) is 211 cm³/mol. The number of hydrogen-bond donors (Lipinski definition) is 4. The van der Waals surface area contributed by atoms with Crippen LogP contribution < -0.4 is 0 Å². The first kappa shape index (κ1) is 47.8. The molecule has 4 N–H and O–H groups in total. The molecule has 0 spiro atoms. The van der Waals surface area contributed by atoms with E-state index < -0.39 is 30.3 Å². The van der Waals surface area contributed by atoms with Crippen LogP contribution in [0.2, 0.25) is 0 Å². The summed E-state index contributed by atoms with van der Waals surface area (Å²) < 4.78 is 0. The van der Waals surface area contributed by atoms with E-state index in [4.69, 9.17) is 0 Å². The van der Waals surface area contributed by atoms with E-state index in [1.54, 1.807) is 0 Å². The van der Waals surface area contributed by atoms with Crippen molar-refractivity contribution in [3.63, 3.8) is 0 Å². The van der Waals surface area contributed by atoms with Crippen LogP contribution in [0.15, 0.2) is 0 Å². The molecule has 4 heteroatoms. The van der Waals surface area contributed by atoms with Gasteiger partial charge in [0.15, 0.2) is 0 Å². The normalized spacial score (nSPS) is 14.2. The molecule has 2 atom stereocenters. The molecule has 0 fully saturated rings. The summed E-state index contributed by atoms with van der Waals surface area (Å²) >= 11 is 0. The number of rotatable bonds is 39. The zero-order chi connectivity index (χ0) is 35.6. The van der Waals surface area contributed by atoms with Gasteiger partial charge >= 0.3 is 0 Å². The SMILES string of the molecule is CCCCCCCCCCCCCCCCCCC(O)C(CO)(CO)C(O)(CCCCCCCCCCCCCCCCCC)C(C)C. The third-order valence-corrected chi connectivity index (χ3v) is 11.8. The van der Waals surface area contributed by atoms with Gasteiger partial charge in [0.1, 0.15) is 0 Å². The molecule has 0 aromatic rings. The Balaban J connectivity index is 4.14. The lowest BCUT2D eigenvalue weighted by Gasteiger charge is -2.51. The minimum atomic E-state index is -1.29. The van der Waals surface area contributed by atoms with Gasteiger partial charge in [-0.25, -0.2) is 0 Å². The Morgan fingerprint density at radius 3 is 0.896 bits per heavy atom. The van der Waals surface area contributed by atoms with Crippen molar-refractivity contribution in [2.45, 2.75) is 258 Å². The Hall–Kier alpha value is -0.160. The third-order valence-electron chi connectivity index (χ3n) is 11.8. The van der Waals surface area contributed by atoms with E-state index in [-0.39, 0.29) is 5.92 Å². The summed E-state index contributed by atoms with van der Waals surface area (Å²) in [5.74, 6) is -0.159. The van der Waals surface area contributed by atoms with Crippen molar-refractivity contribution in [2.75, 3.05) is 13.2 Å². The molecule has 0 aliphatic carbocycles. The van der Waals surface area contributed by atoms with Crippen LogP contribution in [-0.2, 0) is 0 Å². The van der Waals surface area contributed by atoms with E-state index in [0.717, 1.165) is 25.7 Å². The number of hydrogen-bond acceptors (Lipinski definition) is 4. The van der Waals surface area contributed by atoms with E-state index in [1.165, 1.54) is 180 Å². The largest absolute Gasteiger partial charge is 0.395 e. The molecule has 4 nitrogen and oxygen atoms in total. The molecule has 0 amide bonds. The summed E-state index contributed by atoms with van der Waals surface area (Å²) in [6, 6.07) is 0. The standard InChI is InChI=1S/C44H90O4/c1-5-7-9-11-13-15-17-19-21-23-25-27-29-31-33-35-37-42(47)43(39-45,40-46)44(48,41(3)4)38-36-34-32-30-28-26-24-22-20-18-16-14-12-10-8-6-2/h41-42,45-48H,5-40H2,1-4H3. The molecule has 0 aromatic heterocycles. The molecule has 0 bridgehead atoms. The van der Waals surface area contributed by atoms with Crippen molar-refractivity contribution in [3.05, 3.63) is 0 Å². The lowest BCUT2D eigenvalue weighted by molar-refractivity contribution is -0.209. The maximum atomic E-state index is 11.9. The van der Waals surface area contributed by atoms with Gasteiger partial charge in [-0.1, -0.05) is 233 Å². The number of aliphatic hydroxyl groups is 4. The second-order valence-electron chi connectivity index (χ2n) is 16.2. The Morgan fingerprint density at radius 1 is 0.396 bits per heavy atom. The molecule has 0 saturated heterocycles. The Morgan fingerprint density at radius 2 is 0.646 bits per heavy atom. The predicted octanol–water partition coefficient (Wildman–Crippen LogP) is 13.0. The molecule has 0 rings (SSSR count). The number of aliphatic hydroxyl groups excluding tert-OH is 3. The van der Waals surface area contributed by atoms with Gasteiger partial charge in [-0.3, -0.25) is 0 Å². The quantitative estimate of drug-likeness (QED) is 0.0486. The van der Waals surface area contributed by atoms with Gasteiger partial charge < -0.3 is 20.4 Å². The van der Waals surface area contributed by atoms with Crippen LogP contribution in [0.4, 0.5) is 0 Å². The molecular formula is C44H90O4. The fraction of sp³-hybridized carbons (Fsp3) is 1.00. The van der Waals surface area contributed by atoms with Gasteiger partial charge in [0, 0.05) is 0 Å². The van der Waals surface area contributed by atoms with Crippen molar-refractivity contribution in [2.24, 2.45) is 11.3 Å². The Labute approximate surface area is 302 Å². The van der Waals surface area contributed by atoms with Crippen LogP contribution in [0.25, 0.3) is 0 Å². The highest BCUT2D eigenvalue weighted by molar-refractivity contribution is 5.04. The molecule has 48 heavy (non-hydrogen) atoms. The zero-order valence-electron chi connectivity index (χ0n) is 33.4.